The van der Waals surface area contributed by atoms with Crippen LogP contribution in [0, 0.1) is 6.92 Å². The van der Waals surface area contributed by atoms with Crippen LogP contribution in [-0.4, -0.2) is 33.4 Å². The summed E-state index contributed by atoms with van der Waals surface area (Å²) in [6.45, 7) is 4.14. The largest absolute Gasteiger partial charge is 0.355 e. The van der Waals surface area contributed by atoms with Gasteiger partial charge in [0.1, 0.15) is 0 Å². The molecule has 4 rings (SSSR count). The molecule has 0 aliphatic carbocycles. The Morgan fingerprint density at radius 3 is 2.42 bits per heavy atom. The highest BCUT2D eigenvalue weighted by Crippen LogP contribution is 2.23. The number of hydrogen-bond donors (Lipinski definition) is 0. The first-order valence-corrected chi connectivity index (χ1v) is 8.29. The van der Waals surface area contributed by atoms with Gasteiger partial charge in [-0.1, -0.05) is 35.0 Å². The van der Waals surface area contributed by atoms with E-state index in [0.29, 0.717) is 17.4 Å². The minimum Gasteiger partial charge on any atom is -0.355 e. The molecule has 24 heavy (non-hydrogen) atoms. The first-order valence-electron chi connectivity index (χ1n) is 8.29. The Morgan fingerprint density at radius 1 is 0.917 bits per heavy atom. The van der Waals surface area contributed by atoms with Crippen LogP contribution >= 0.6 is 0 Å². The molecule has 1 aliphatic rings. The molecule has 0 bridgehead atoms. The summed E-state index contributed by atoms with van der Waals surface area (Å²) in [7, 11) is 0. The summed E-state index contributed by atoms with van der Waals surface area (Å²) in [6, 6.07) is 11.9. The molecule has 6 heteroatoms. The fourth-order valence-corrected chi connectivity index (χ4v) is 2.88. The lowest BCUT2D eigenvalue weighted by atomic mass is 10.1. The average Bonchev–Trinajstić information content (AvgIpc) is 3.13. The van der Waals surface area contributed by atoms with Crippen LogP contribution in [-0.2, 0) is 0 Å². The molecule has 1 aliphatic heterocycles. The van der Waals surface area contributed by atoms with Crippen LogP contribution in [0.3, 0.4) is 0 Å². The Labute approximate surface area is 140 Å². The Bertz CT molecular complexity index is 804. The van der Waals surface area contributed by atoms with Crippen LogP contribution in [0.5, 0.6) is 0 Å². The van der Waals surface area contributed by atoms with E-state index < -0.39 is 0 Å². The molecule has 0 unspecified atom stereocenters. The molecular formula is C18H19N5O. The number of aromatic nitrogens is 4. The van der Waals surface area contributed by atoms with Gasteiger partial charge in [-0.3, -0.25) is 0 Å². The summed E-state index contributed by atoms with van der Waals surface area (Å²) >= 11 is 0. The summed E-state index contributed by atoms with van der Waals surface area (Å²) < 4.78 is 5.34. The monoisotopic (exact) mass is 321 g/mol. The molecule has 122 valence electrons. The van der Waals surface area contributed by atoms with E-state index in [1.165, 1.54) is 24.8 Å². The SMILES string of the molecule is Cc1ccc(-c2noc(-c3ccc(N4CCCCC4)nn3)n2)cc1. The molecule has 0 saturated carbocycles. The van der Waals surface area contributed by atoms with Gasteiger partial charge >= 0.3 is 0 Å². The number of hydrogen-bond acceptors (Lipinski definition) is 6. The van der Waals surface area contributed by atoms with Gasteiger partial charge in [-0.25, -0.2) is 0 Å². The van der Waals surface area contributed by atoms with Crippen LogP contribution in [0.4, 0.5) is 5.82 Å². The maximum atomic E-state index is 5.34. The van der Waals surface area contributed by atoms with Crippen molar-refractivity contribution in [2.75, 3.05) is 18.0 Å². The second kappa shape index (κ2) is 6.39. The van der Waals surface area contributed by atoms with Crippen molar-refractivity contribution >= 4 is 5.82 Å². The zero-order valence-electron chi connectivity index (χ0n) is 13.6. The highest BCUT2D eigenvalue weighted by Gasteiger charge is 2.15. The minimum absolute atomic E-state index is 0.392. The highest BCUT2D eigenvalue weighted by molar-refractivity contribution is 5.58. The van der Waals surface area contributed by atoms with Gasteiger partial charge in [0.25, 0.3) is 5.89 Å². The predicted molar refractivity (Wildman–Crippen MR) is 91.6 cm³/mol. The Kier molecular flexibility index (Phi) is 3.94. The topological polar surface area (TPSA) is 67.9 Å². The summed E-state index contributed by atoms with van der Waals surface area (Å²) in [4.78, 5) is 6.70. The van der Waals surface area contributed by atoms with E-state index in [-0.39, 0.29) is 0 Å². The Morgan fingerprint density at radius 2 is 1.71 bits per heavy atom. The molecule has 0 atom stereocenters. The van der Waals surface area contributed by atoms with Crippen molar-refractivity contribution in [3.8, 4) is 23.0 Å². The number of rotatable bonds is 3. The lowest BCUT2D eigenvalue weighted by molar-refractivity contribution is 0.430. The molecule has 1 aromatic carbocycles. The zero-order valence-corrected chi connectivity index (χ0v) is 13.6. The van der Waals surface area contributed by atoms with Crippen molar-refractivity contribution in [1.82, 2.24) is 20.3 Å². The first-order chi connectivity index (χ1) is 11.8. The van der Waals surface area contributed by atoms with E-state index >= 15 is 0 Å². The Hall–Kier alpha value is -2.76. The number of benzene rings is 1. The molecule has 1 fully saturated rings. The third kappa shape index (κ3) is 2.99. The van der Waals surface area contributed by atoms with Crippen LogP contribution in [0.1, 0.15) is 24.8 Å². The quantitative estimate of drug-likeness (QED) is 0.735. The molecule has 0 N–H and O–H groups in total. The summed E-state index contributed by atoms with van der Waals surface area (Å²) in [5, 5.41) is 12.6. The standard InChI is InChI=1S/C18H19N5O/c1-13-5-7-14(8-6-13)17-19-18(24-22-17)15-9-10-16(21-20-15)23-11-3-2-4-12-23/h5-10H,2-4,11-12H2,1H3. The van der Waals surface area contributed by atoms with E-state index in [0.717, 1.165) is 24.5 Å². The highest BCUT2D eigenvalue weighted by atomic mass is 16.5. The Balaban J connectivity index is 1.54. The van der Waals surface area contributed by atoms with Crippen LogP contribution < -0.4 is 4.90 Å². The molecule has 1 saturated heterocycles. The number of anilines is 1. The smallest absolute Gasteiger partial charge is 0.278 e. The normalized spacial score (nSPS) is 14.8. The minimum atomic E-state index is 0.392. The summed E-state index contributed by atoms with van der Waals surface area (Å²) in [5.74, 6) is 1.87. The van der Waals surface area contributed by atoms with E-state index in [2.05, 4.69) is 25.2 Å². The third-order valence-corrected chi connectivity index (χ3v) is 4.29. The first kappa shape index (κ1) is 14.8. The van der Waals surface area contributed by atoms with Crippen LogP contribution in [0.25, 0.3) is 23.0 Å². The molecule has 6 nitrogen and oxygen atoms in total. The van der Waals surface area contributed by atoms with Gasteiger partial charge in [0, 0.05) is 18.7 Å². The van der Waals surface area contributed by atoms with Crippen molar-refractivity contribution in [3.05, 3.63) is 42.0 Å². The number of piperidine rings is 1. The average molecular weight is 321 g/mol. The van der Waals surface area contributed by atoms with Gasteiger partial charge < -0.3 is 9.42 Å². The summed E-state index contributed by atoms with van der Waals surface area (Å²) in [5.41, 5.74) is 2.72. The van der Waals surface area contributed by atoms with Crippen LogP contribution in [0.15, 0.2) is 40.9 Å². The van der Waals surface area contributed by atoms with Gasteiger partial charge in [-0.2, -0.15) is 4.98 Å². The van der Waals surface area contributed by atoms with E-state index in [4.69, 9.17) is 4.52 Å². The maximum Gasteiger partial charge on any atom is 0.278 e. The lowest BCUT2D eigenvalue weighted by Crippen LogP contribution is -2.30. The predicted octanol–water partition coefficient (Wildman–Crippen LogP) is 3.49. The van der Waals surface area contributed by atoms with E-state index in [1.54, 1.807) is 0 Å². The third-order valence-electron chi connectivity index (χ3n) is 4.29. The van der Waals surface area contributed by atoms with E-state index in [9.17, 15) is 0 Å². The fraction of sp³-hybridized carbons (Fsp3) is 0.333. The van der Waals surface area contributed by atoms with E-state index in [1.807, 2.05) is 43.3 Å². The van der Waals surface area contributed by atoms with Crippen molar-refractivity contribution in [3.63, 3.8) is 0 Å². The molecule has 0 radical (unpaired) electrons. The molecule has 3 heterocycles. The maximum absolute atomic E-state index is 5.34. The van der Waals surface area contributed by atoms with Gasteiger partial charge in [-0.15, -0.1) is 10.2 Å². The van der Waals surface area contributed by atoms with Gasteiger partial charge in [0.05, 0.1) is 0 Å². The van der Waals surface area contributed by atoms with Crippen molar-refractivity contribution in [2.45, 2.75) is 26.2 Å². The van der Waals surface area contributed by atoms with Crippen molar-refractivity contribution in [1.29, 1.82) is 0 Å². The number of aryl methyl sites for hydroxylation is 1. The van der Waals surface area contributed by atoms with Gasteiger partial charge in [-0.05, 0) is 38.3 Å². The molecule has 0 amide bonds. The fourth-order valence-electron chi connectivity index (χ4n) is 2.88. The number of nitrogens with zero attached hydrogens (tertiary/aromatic N) is 5. The van der Waals surface area contributed by atoms with Gasteiger partial charge in [0.2, 0.25) is 5.82 Å². The molecule has 2 aromatic heterocycles. The molecular weight excluding hydrogens is 302 g/mol. The van der Waals surface area contributed by atoms with Crippen molar-refractivity contribution < 1.29 is 4.52 Å². The van der Waals surface area contributed by atoms with Crippen LogP contribution in [0.2, 0.25) is 0 Å². The zero-order chi connectivity index (χ0) is 16.4. The second-order valence-electron chi connectivity index (χ2n) is 6.11. The van der Waals surface area contributed by atoms with Crippen molar-refractivity contribution in [2.24, 2.45) is 0 Å². The second-order valence-corrected chi connectivity index (χ2v) is 6.11. The summed E-state index contributed by atoms with van der Waals surface area (Å²) in [6.07, 6.45) is 3.73. The molecule has 0 spiro atoms. The molecule has 3 aromatic rings. The van der Waals surface area contributed by atoms with Gasteiger partial charge in [0.15, 0.2) is 11.5 Å². The lowest BCUT2D eigenvalue weighted by Gasteiger charge is -2.27.